The van der Waals surface area contributed by atoms with Gasteiger partial charge in [0.15, 0.2) is 24.1 Å². The molecule has 37 heavy (non-hydrogen) atoms. The molecule has 10 atom stereocenters. The average molecular weight is 518 g/mol. The molecule has 11 heteroatoms. The Kier molecular flexibility index (Phi) is 6.40. The number of aldehydes is 1. The lowest BCUT2D eigenvalue weighted by Gasteiger charge is -2.48. The summed E-state index contributed by atoms with van der Waals surface area (Å²) in [6.07, 6.45) is 0.975. The lowest BCUT2D eigenvalue weighted by atomic mass is 9.60. The van der Waals surface area contributed by atoms with Crippen LogP contribution in [0.3, 0.4) is 0 Å². The van der Waals surface area contributed by atoms with Crippen LogP contribution in [0.1, 0.15) is 26.2 Å². The Morgan fingerprint density at radius 1 is 1.16 bits per heavy atom. The van der Waals surface area contributed by atoms with Gasteiger partial charge in [0, 0.05) is 24.8 Å². The Bertz CT molecular complexity index is 1140. The van der Waals surface area contributed by atoms with E-state index in [1.165, 1.54) is 7.11 Å². The summed E-state index contributed by atoms with van der Waals surface area (Å²) < 4.78 is 17.1. The van der Waals surface area contributed by atoms with E-state index < -0.39 is 83.0 Å². The monoisotopic (exact) mass is 517 g/mol. The highest BCUT2D eigenvalue weighted by Crippen LogP contribution is 2.52. The molecule has 10 unspecified atom stereocenters. The zero-order valence-electron chi connectivity index (χ0n) is 20.4. The molecule has 1 aliphatic heterocycles. The first-order valence-corrected chi connectivity index (χ1v) is 12.3. The van der Waals surface area contributed by atoms with E-state index in [2.05, 4.69) is 0 Å². The quantitative estimate of drug-likeness (QED) is 0.322. The highest BCUT2D eigenvalue weighted by atomic mass is 16.7. The van der Waals surface area contributed by atoms with Gasteiger partial charge in [0.2, 0.25) is 0 Å². The number of aliphatic hydroxyl groups is 4. The maximum atomic E-state index is 13.7. The van der Waals surface area contributed by atoms with Crippen LogP contribution < -0.4 is 5.73 Å². The second-order valence-electron chi connectivity index (χ2n) is 10.5. The molecule has 0 aromatic carbocycles. The number of carbonyl (C=O) groups is 3. The summed E-state index contributed by atoms with van der Waals surface area (Å²) in [6.45, 7) is 1.62. The standard InChI is InChI=1S/C26H31NO10/c1-10-21(29)13(27)6-16(36-10)37-15-8-26(34,9-28)7-12-18(15)25(33)20-19(23(12)31)22(30)11-4-3-5-14(35-2)17(11)24(20)32/h3-5,9-13,15-18,21,29,31,33-34H,6-8,27H2,1-2H3. The van der Waals surface area contributed by atoms with Gasteiger partial charge in [-0.15, -0.1) is 0 Å². The van der Waals surface area contributed by atoms with E-state index >= 15 is 0 Å². The average Bonchev–Trinajstić information content (AvgIpc) is 2.87. The van der Waals surface area contributed by atoms with Crippen LogP contribution in [-0.4, -0.2) is 81.6 Å². The lowest BCUT2D eigenvalue weighted by molar-refractivity contribution is -0.258. The van der Waals surface area contributed by atoms with Crippen LogP contribution in [0.2, 0.25) is 0 Å². The molecule has 1 saturated heterocycles. The predicted molar refractivity (Wildman–Crippen MR) is 126 cm³/mol. The van der Waals surface area contributed by atoms with Gasteiger partial charge in [0.1, 0.15) is 22.9 Å². The molecular formula is C26H31NO10. The highest BCUT2D eigenvalue weighted by molar-refractivity contribution is 6.21. The molecule has 2 saturated carbocycles. The third kappa shape index (κ3) is 3.96. The molecular weight excluding hydrogens is 486 g/mol. The van der Waals surface area contributed by atoms with Crippen molar-refractivity contribution < 1.29 is 49.0 Å². The van der Waals surface area contributed by atoms with Crippen LogP contribution >= 0.6 is 0 Å². The number of hydrogen-bond donors (Lipinski definition) is 5. The van der Waals surface area contributed by atoms with Crippen molar-refractivity contribution >= 4 is 17.9 Å². The zero-order chi connectivity index (χ0) is 26.8. The molecule has 200 valence electrons. The first-order valence-electron chi connectivity index (χ1n) is 12.3. The molecule has 3 fully saturated rings. The minimum atomic E-state index is -1.93. The zero-order valence-corrected chi connectivity index (χ0v) is 20.4. The topological polar surface area (TPSA) is 186 Å². The molecule has 0 amide bonds. The summed E-state index contributed by atoms with van der Waals surface area (Å²) in [4.78, 5) is 39.0. The van der Waals surface area contributed by atoms with Crippen LogP contribution in [0.15, 0.2) is 46.7 Å². The van der Waals surface area contributed by atoms with Gasteiger partial charge in [-0.3, -0.25) is 9.59 Å². The van der Waals surface area contributed by atoms with Gasteiger partial charge in [-0.25, -0.2) is 0 Å². The highest BCUT2D eigenvalue weighted by Gasteiger charge is 2.58. The number of ketones is 2. The smallest absolute Gasteiger partial charge is 0.178 e. The molecule has 5 rings (SSSR count). The van der Waals surface area contributed by atoms with Crippen molar-refractivity contribution in [1.82, 2.24) is 0 Å². The van der Waals surface area contributed by atoms with E-state index in [1.54, 1.807) is 25.2 Å². The van der Waals surface area contributed by atoms with Gasteiger partial charge in [0.05, 0.1) is 54.3 Å². The first kappa shape index (κ1) is 25.8. The number of nitrogens with two attached hydrogens (primary N) is 1. The number of carbonyl (C=O) groups excluding carboxylic acids is 3. The molecule has 0 radical (unpaired) electrons. The minimum Gasteiger partial charge on any atom is -0.511 e. The van der Waals surface area contributed by atoms with Crippen LogP contribution in [0, 0.1) is 23.7 Å². The summed E-state index contributed by atoms with van der Waals surface area (Å²) in [6, 6.07) is -0.663. The minimum absolute atomic E-state index is 0.0960. The SMILES string of the molecule is COC1=CC=CC2C(=O)C3=C(O)C4CC(O)(C=O)CC(OC5CC(N)C(O)C(C)O5)C4C(O)=C3C(=O)C12. The Morgan fingerprint density at radius 3 is 2.51 bits per heavy atom. The molecule has 4 aliphatic carbocycles. The van der Waals surface area contributed by atoms with Gasteiger partial charge in [-0.05, 0) is 19.4 Å². The van der Waals surface area contributed by atoms with Gasteiger partial charge < -0.3 is 45.2 Å². The van der Waals surface area contributed by atoms with Gasteiger partial charge in [-0.2, -0.15) is 0 Å². The van der Waals surface area contributed by atoms with E-state index in [9.17, 15) is 34.8 Å². The third-order valence-electron chi connectivity index (χ3n) is 8.25. The Labute approximate surface area is 212 Å². The van der Waals surface area contributed by atoms with Crippen LogP contribution in [0.25, 0.3) is 0 Å². The number of allylic oxidation sites excluding steroid dienone is 7. The fourth-order valence-corrected chi connectivity index (χ4v) is 6.37. The first-order chi connectivity index (χ1) is 17.5. The fourth-order valence-electron chi connectivity index (χ4n) is 6.37. The van der Waals surface area contributed by atoms with E-state index in [-0.39, 0.29) is 36.2 Å². The Morgan fingerprint density at radius 2 is 1.86 bits per heavy atom. The molecule has 0 spiro atoms. The molecule has 0 aromatic rings. The van der Waals surface area contributed by atoms with Crippen molar-refractivity contribution in [1.29, 1.82) is 0 Å². The van der Waals surface area contributed by atoms with Crippen molar-refractivity contribution in [2.75, 3.05) is 7.11 Å². The number of hydrogen-bond acceptors (Lipinski definition) is 11. The summed E-state index contributed by atoms with van der Waals surface area (Å²) in [5.41, 5.74) is 3.46. The van der Waals surface area contributed by atoms with Gasteiger partial charge in [0.25, 0.3) is 0 Å². The molecule has 6 N–H and O–H groups in total. The molecule has 0 bridgehead atoms. The van der Waals surface area contributed by atoms with Crippen LogP contribution in [0.4, 0.5) is 0 Å². The maximum absolute atomic E-state index is 13.7. The van der Waals surface area contributed by atoms with E-state index in [0.717, 1.165) is 0 Å². The number of methoxy groups -OCH3 is 1. The Balaban J connectivity index is 1.57. The van der Waals surface area contributed by atoms with Crippen molar-refractivity contribution in [2.24, 2.45) is 29.4 Å². The molecule has 5 aliphatic rings. The summed E-state index contributed by atoms with van der Waals surface area (Å²) >= 11 is 0. The summed E-state index contributed by atoms with van der Waals surface area (Å²) in [5.74, 6) is -5.87. The normalized spacial score (nSPS) is 43.6. The molecule has 0 aromatic heterocycles. The van der Waals surface area contributed by atoms with Crippen LogP contribution in [0.5, 0.6) is 0 Å². The maximum Gasteiger partial charge on any atom is 0.178 e. The van der Waals surface area contributed by atoms with Crippen molar-refractivity contribution in [2.45, 2.75) is 62.4 Å². The number of fused-ring (bicyclic) bond motifs is 3. The van der Waals surface area contributed by atoms with E-state index in [1.807, 2.05) is 0 Å². The van der Waals surface area contributed by atoms with Gasteiger partial charge in [-0.1, -0.05) is 12.2 Å². The molecule has 11 nitrogen and oxygen atoms in total. The predicted octanol–water partition coefficient (Wildman–Crippen LogP) is 0.273. The fraction of sp³-hybridized carbons (Fsp3) is 0.577. The van der Waals surface area contributed by atoms with E-state index in [4.69, 9.17) is 19.9 Å². The van der Waals surface area contributed by atoms with Crippen LogP contribution in [-0.2, 0) is 28.6 Å². The number of Topliss-reactive ketones (excluding diaryl/α,β-unsaturated/α-hetero) is 2. The van der Waals surface area contributed by atoms with Crippen molar-refractivity contribution in [3.63, 3.8) is 0 Å². The van der Waals surface area contributed by atoms with Crippen molar-refractivity contribution in [3.8, 4) is 0 Å². The summed E-state index contributed by atoms with van der Waals surface area (Å²) in [7, 11) is 1.38. The second-order valence-corrected chi connectivity index (χ2v) is 10.5. The summed E-state index contributed by atoms with van der Waals surface area (Å²) in [5, 5.41) is 43.9. The second kappa shape index (κ2) is 9.17. The number of aliphatic hydroxyl groups excluding tert-OH is 3. The van der Waals surface area contributed by atoms with Gasteiger partial charge >= 0.3 is 0 Å². The number of rotatable bonds is 4. The largest absolute Gasteiger partial charge is 0.511 e. The third-order valence-corrected chi connectivity index (χ3v) is 8.25. The molecule has 1 heterocycles. The Hall–Kier alpha value is -2.83. The van der Waals surface area contributed by atoms with Crippen molar-refractivity contribution in [3.05, 3.63) is 46.7 Å². The lowest BCUT2D eigenvalue weighted by Crippen LogP contribution is -2.56. The number of ether oxygens (including phenoxy) is 3. The van der Waals surface area contributed by atoms with E-state index in [0.29, 0.717) is 6.29 Å².